The highest BCUT2D eigenvalue weighted by Crippen LogP contribution is 2.29. The van der Waals surface area contributed by atoms with Gasteiger partial charge in [-0.3, -0.25) is 9.78 Å². The van der Waals surface area contributed by atoms with Crippen LogP contribution in [-0.2, 0) is 0 Å². The summed E-state index contributed by atoms with van der Waals surface area (Å²) in [5.74, 6) is 0.809. The number of hydrogen-bond acceptors (Lipinski definition) is 6. The number of pyridine rings is 1. The van der Waals surface area contributed by atoms with Gasteiger partial charge >= 0.3 is 0 Å². The second kappa shape index (κ2) is 8.97. The van der Waals surface area contributed by atoms with Gasteiger partial charge < -0.3 is 25.0 Å². The first-order valence-electron chi connectivity index (χ1n) is 9.04. The number of carbonyl (C=O) groups excluding carboxylic acids is 1. The predicted octanol–water partition coefficient (Wildman–Crippen LogP) is 4.16. The second-order valence-corrected chi connectivity index (χ2v) is 6.52. The van der Waals surface area contributed by atoms with E-state index in [1.54, 1.807) is 44.7 Å². The minimum absolute atomic E-state index is 0.282. The molecule has 0 aliphatic heterocycles. The smallest absolute Gasteiger partial charge is 0.274 e. The summed E-state index contributed by atoms with van der Waals surface area (Å²) in [5.41, 5.74) is 3.58. The standard InChI is InChI=1S/C22H24N4O3/c1-26(2)17-7-5-15(6-8-17)24-16-11-12-23-20(13-16)22(27)25-19-14-18(28-3)9-10-21(19)29-4/h5-14H,1-4H3,(H,23,24)(H,25,27). The van der Waals surface area contributed by atoms with E-state index in [2.05, 4.69) is 15.6 Å². The Morgan fingerprint density at radius 2 is 1.69 bits per heavy atom. The van der Waals surface area contributed by atoms with Crippen molar-refractivity contribution in [1.82, 2.24) is 4.98 Å². The molecule has 3 rings (SSSR count). The summed E-state index contributed by atoms with van der Waals surface area (Å²) < 4.78 is 10.5. The number of methoxy groups -OCH3 is 2. The molecule has 1 amide bonds. The van der Waals surface area contributed by atoms with Gasteiger partial charge in [-0.1, -0.05) is 0 Å². The van der Waals surface area contributed by atoms with Gasteiger partial charge in [0.15, 0.2) is 0 Å². The number of hydrogen-bond donors (Lipinski definition) is 2. The Morgan fingerprint density at radius 1 is 0.931 bits per heavy atom. The zero-order chi connectivity index (χ0) is 20.8. The highest BCUT2D eigenvalue weighted by Gasteiger charge is 2.13. The lowest BCUT2D eigenvalue weighted by atomic mass is 10.2. The first-order valence-corrected chi connectivity index (χ1v) is 9.04. The molecule has 2 N–H and O–H groups in total. The normalized spacial score (nSPS) is 10.2. The molecule has 0 saturated carbocycles. The summed E-state index contributed by atoms with van der Waals surface area (Å²) in [5, 5.41) is 6.11. The summed E-state index contributed by atoms with van der Waals surface area (Å²) >= 11 is 0. The van der Waals surface area contributed by atoms with Crippen LogP contribution in [-0.4, -0.2) is 39.2 Å². The molecule has 29 heavy (non-hydrogen) atoms. The summed E-state index contributed by atoms with van der Waals surface area (Å²) in [6.45, 7) is 0. The van der Waals surface area contributed by atoms with Crippen LogP contribution in [0.2, 0.25) is 0 Å². The molecule has 1 aromatic heterocycles. The van der Waals surface area contributed by atoms with Crippen LogP contribution >= 0.6 is 0 Å². The number of nitrogens with one attached hydrogen (secondary N) is 2. The Hall–Kier alpha value is -3.74. The number of ether oxygens (including phenoxy) is 2. The molecule has 1 heterocycles. The number of nitrogens with zero attached hydrogens (tertiary/aromatic N) is 2. The van der Waals surface area contributed by atoms with Crippen LogP contribution in [0.25, 0.3) is 0 Å². The monoisotopic (exact) mass is 392 g/mol. The van der Waals surface area contributed by atoms with Gasteiger partial charge in [0.2, 0.25) is 0 Å². The fourth-order valence-corrected chi connectivity index (χ4v) is 2.74. The number of benzene rings is 2. The fourth-order valence-electron chi connectivity index (χ4n) is 2.74. The minimum Gasteiger partial charge on any atom is -0.497 e. The van der Waals surface area contributed by atoms with Crippen molar-refractivity contribution in [3.05, 3.63) is 66.5 Å². The van der Waals surface area contributed by atoms with Crippen LogP contribution in [0.1, 0.15) is 10.5 Å². The van der Waals surface area contributed by atoms with Crippen LogP contribution in [0.3, 0.4) is 0 Å². The summed E-state index contributed by atoms with van der Waals surface area (Å²) in [6, 6.07) is 16.7. The van der Waals surface area contributed by atoms with Gasteiger partial charge in [0.25, 0.3) is 5.91 Å². The van der Waals surface area contributed by atoms with E-state index in [9.17, 15) is 4.79 Å². The zero-order valence-electron chi connectivity index (χ0n) is 16.9. The Kier molecular flexibility index (Phi) is 6.19. The highest BCUT2D eigenvalue weighted by molar-refractivity contribution is 6.04. The molecule has 2 aromatic carbocycles. The lowest BCUT2D eigenvalue weighted by Gasteiger charge is -2.14. The number of aromatic nitrogens is 1. The van der Waals surface area contributed by atoms with Crippen molar-refractivity contribution in [2.45, 2.75) is 0 Å². The lowest BCUT2D eigenvalue weighted by Crippen LogP contribution is -2.14. The minimum atomic E-state index is -0.344. The van der Waals surface area contributed by atoms with Gasteiger partial charge in [-0.05, 0) is 48.5 Å². The van der Waals surface area contributed by atoms with Crippen LogP contribution in [0.5, 0.6) is 11.5 Å². The third kappa shape index (κ3) is 4.95. The number of amides is 1. The molecular formula is C22H24N4O3. The lowest BCUT2D eigenvalue weighted by molar-refractivity contribution is 0.102. The van der Waals surface area contributed by atoms with Crippen LogP contribution in [0.4, 0.5) is 22.7 Å². The Labute approximate surface area is 170 Å². The molecule has 150 valence electrons. The molecule has 0 atom stereocenters. The second-order valence-electron chi connectivity index (χ2n) is 6.52. The summed E-state index contributed by atoms with van der Waals surface area (Å²) in [7, 11) is 7.10. The first-order chi connectivity index (χ1) is 14.0. The van der Waals surface area contributed by atoms with E-state index < -0.39 is 0 Å². The van der Waals surface area contributed by atoms with Crippen LogP contribution in [0.15, 0.2) is 60.8 Å². The van der Waals surface area contributed by atoms with Gasteiger partial charge in [0, 0.05) is 43.4 Å². The van der Waals surface area contributed by atoms with Gasteiger partial charge in [-0.15, -0.1) is 0 Å². The number of carbonyl (C=O) groups is 1. The molecule has 0 unspecified atom stereocenters. The van der Waals surface area contributed by atoms with E-state index in [1.807, 2.05) is 49.3 Å². The molecule has 7 nitrogen and oxygen atoms in total. The maximum atomic E-state index is 12.7. The van der Waals surface area contributed by atoms with Crippen molar-refractivity contribution >= 4 is 28.7 Å². The van der Waals surface area contributed by atoms with Gasteiger partial charge in [-0.25, -0.2) is 0 Å². The van der Waals surface area contributed by atoms with E-state index in [1.165, 1.54) is 0 Å². The van der Waals surface area contributed by atoms with Gasteiger partial charge in [0.05, 0.1) is 19.9 Å². The highest BCUT2D eigenvalue weighted by atomic mass is 16.5. The Bertz CT molecular complexity index is 988. The average molecular weight is 392 g/mol. The molecule has 0 saturated heterocycles. The van der Waals surface area contributed by atoms with Crippen LogP contribution < -0.4 is 25.0 Å². The summed E-state index contributed by atoms with van der Waals surface area (Å²) in [4.78, 5) is 18.9. The first kappa shape index (κ1) is 20.0. The quantitative estimate of drug-likeness (QED) is 0.629. The fraction of sp³-hybridized carbons (Fsp3) is 0.182. The molecule has 7 heteroatoms. The molecule has 3 aromatic rings. The van der Waals surface area contributed by atoms with Crippen molar-refractivity contribution in [3.63, 3.8) is 0 Å². The molecule has 0 bridgehead atoms. The van der Waals surface area contributed by atoms with E-state index in [-0.39, 0.29) is 11.6 Å². The van der Waals surface area contributed by atoms with Crippen LogP contribution in [0, 0.1) is 0 Å². The molecule has 0 spiro atoms. The van der Waals surface area contributed by atoms with Gasteiger partial charge in [-0.2, -0.15) is 0 Å². The molecule has 0 aliphatic carbocycles. The number of anilines is 4. The molecule has 0 aliphatic rings. The molecular weight excluding hydrogens is 368 g/mol. The van der Waals surface area contributed by atoms with Crippen molar-refractivity contribution in [3.8, 4) is 11.5 Å². The topological polar surface area (TPSA) is 75.7 Å². The van der Waals surface area contributed by atoms with E-state index in [0.717, 1.165) is 17.1 Å². The van der Waals surface area contributed by atoms with Crippen molar-refractivity contribution in [1.29, 1.82) is 0 Å². The number of rotatable bonds is 7. The SMILES string of the molecule is COc1ccc(OC)c(NC(=O)c2cc(Nc3ccc(N(C)C)cc3)ccn2)c1. The van der Waals surface area contributed by atoms with E-state index in [4.69, 9.17) is 9.47 Å². The molecule has 0 fully saturated rings. The zero-order valence-corrected chi connectivity index (χ0v) is 16.9. The Balaban J connectivity index is 1.76. The third-order valence-corrected chi connectivity index (χ3v) is 4.32. The average Bonchev–Trinajstić information content (AvgIpc) is 2.74. The maximum Gasteiger partial charge on any atom is 0.274 e. The van der Waals surface area contributed by atoms with Crippen molar-refractivity contribution in [2.24, 2.45) is 0 Å². The Morgan fingerprint density at radius 3 is 2.34 bits per heavy atom. The van der Waals surface area contributed by atoms with Crippen molar-refractivity contribution < 1.29 is 14.3 Å². The van der Waals surface area contributed by atoms with E-state index >= 15 is 0 Å². The third-order valence-electron chi connectivity index (χ3n) is 4.32. The summed E-state index contributed by atoms with van der Waals surface area (Å²) in [6.07, 6.45) is 1.59. The largest absolute Gasteiger partial charge is 0.497 e. The van der Waals surface area contributed by atoms with E-state index in [0.29, 0.717) is 17.2 Å². The van der Waals surface area contributed by atoms with Crippen molar-refractivity contribution in [2.75, 3.05) is 43.8 Å². The molecule has 0 radical (unpaired) electrons. The van der Waals surface area contributed by atoms with Gasteiger partial charge in [0.1, 0.15) is 17.2 Å². The predicted molar refractivity (Wildman–Crippen MR) is 116 cm³/mol. The maximum absolute atomic E-state index is 12.7.